The summed E-state index contributed by atoms with van der Waals surface area (Å²) in [5.74, 6) is -1.41. The minimum atomic E-state index is -1.04. The standard InChI is InChI=1S/C38H63NO5/c1-3-5-7-9-10-11-12-13-14-15-16-17-18-19-20-25-29-33-38(43)44-35(30-26-22-8-6-4-2)31-27-23-21-24-28-32-36(40)39-34-37(41)42/h6,8,10-11,13-14,26-27,30-31,35H,3-5,7,9,12,15-25,28-29,32-34H2,1-2H3,(H,39,40)(H,41,42)/b8-6-,11-10-,14-13-,30-26-,31-27-. The molecule has 0 spiro atoms. The predicted molar refractivity (Wildman–Crippen MR) is 185 cm³/mol. The van der Waals surface area contributed by atoms with Crippen LogP contribution in [-0.2, 0) is 19.1 Å². The third kappa shape index (κ3) is 32.0. The Morgan fingerprint density at radius 1 is 0.614 bits per heavy atom. The molecule has 0 fully saturated rings. The summed E-state index contributed by atoms with van der Waals surface area (Å²) in [6.07, 6.45) is 42.4. The van der Waals surface area contributed by atoms with E-state index >= 15 is 0 Å². The number of carbonyl (C=O) groups excluding carboxylic acids is 2. The second-order valence-corrected chi connectivity index (χ2v) is 11.4. The number of carboxylic acid groups (broad SMARTS) is 1. The van der Waals surface area contributed by atoms with E-state index in [4.69, 9.17) is 9.84 Å². The number of rotatable bonds is 30. The molecule has 0 aliphatic heterocycles. The Balaban J connectivity index is 4.08. The van der Waals surface area contributed by atoms with Gasteiger partial charge in [0.15, 0.2) is 0 Å². The predicted octanol–water partition coefficient (Wildman–Crippen LogP) is 10.1. The fourth-order valence-electron chi connectivity index (χ4n) is 4.56. The lowest BCUT2D eigenvalue weighted by Crippen LogP contribution is -2.28. The molecule has 2 N–H and O–H groups in total. The van der Waals surface area contributed by atoms with Gasteiger partial charge in [0.2, 0.25) is 5.91 Å². The van der Waals surface area contributed by atoms with Gasteiger partial charge >= 0.3 is 11.9 Å². The number of esters is 1. The number of hydrogen-bond donors (Lipinski definition) is 2. The van der Waals surface area contributed by atoms with E-state index in [-0.39, 0.29) is 24.5 Å². The normalized spacial score (nSPS) is 12.8. The second-order valence-electron chi connectivity index (χ2n) is 11.4. The van der Waals surface area contributed by atoms with Gasteiger partial charge in [-0.25, -0.2) is 0 Å². The minimum Gasteiger partial charge on any atom is -0.480 e. The molecule has 0 aromatic heterocycles. The Morgan fingerprint density at radius 3 is 1.80 bits per heavy atom. The van der Waals surface area contributed by atoms with Gasteiger partial charge in [-0.1, -0.05) is 114 Å². The molecule has 0 aromatic rings. The monoisotopic (exact) mass is 613 g/mol. The molecular formula is C38H63NO5. The van der Waals surface area contributed by atoms with Gasteiger partial charge in [-0.3, -0.25) is 14.4 Å². The van der Waals surface area contributed by atoms with Gasteiger partial charge in [-0.2, -0.15) is 0 Å². The highest BCUT2D eigenvalue weighted by molar-refractivity contribution is 5.80. The van der Waals surface area contributed by atoms with Crippen molar-refractivity contribution in [3.05, 3.63) is 60.8 Å². The number of allylic oxidation sites excluding steroid dienone is 8. The number of aliphatic carboxylic acids is 1. The number of ether oxygens (including phenoxy) is 1. The highest BCUT2D eigenvalue weighted by Crippen LogP contribution is 2.12. The summed E-state index contributed by atoms with van der Waals surface area (Å²) < 4.78 is 5.74. The maximum atomic E-state index is 12.5. The summed E-state index contributed by atoms with van der Waals surface area (Å²) in [5.41, 5.74) is 0. The molecule has 6 heteroatoms. The van der Waals surface area contributed by atoms with Crippen LogP contribution < -0.4 is 5.32 Å². The van der Waals surface area contributed by atoms with Crippen LogP contribution in [0.2, 0.25) is 0 Å². The van der Waals surface area contributed by atoms with Crippen molar-refractivity contribution in [2.75, 3.05) is 6.54 Å². The molecule has 250 valence electrons. The van der Waals surface area contributed by atoms with Crippen LogP contribution in [0.5, 0.6) is 0 Å². The average molecular weight is 614 g/mol. The smallest absolute Gasteiger partial charge is 0.322 e. The summed E-state index contributed by atoms with van der Waals surface area (Å²) in [7, 11) is 0. The first-order valence-electron chi connectivity index (χ1n) is 17.5. The largest absolute Gasteiger partial charge is 0.480 e. The summed E-state index contributed by atoms with van der Waals surface area (Å²) in [6.45, 7) is 4.01. The van der Waals surface area contributed by atoms with Crippen molar-refractivity contribution in [2.24, 2.45) is 0 Å². The van der Waals surface area contributed by atoms with E-state index in [0.29, 0.717) is 12.8 Å². The molecule has 0 aliphatic carbocycles. The van der Waals surface area contributed by atoms with E-state index in [1.165, 1.54) is 64.2 Å². The van der Waals surface area contributed by atoms with Crippen LogP contribution in [0.3, 0.4) is 0 Å². The van der Waals surface area contributed by atoms with Gasteiger partial charge in [0, 0.05) is 12.8 Å². The summed E-state index contributed by atoms with van der Waals surface area (Å²) in [5, 5.41) is 11.0. The van der Waals surface area contributed by atoms with Gasteiger partial charge in [0.1, 0.15) is 12.6 Å². The van der Waals surface area contributed by atoms with Crippen molar-refractivity contribution in [3.63, 3.8) is 0 Å². The van der Waals surface area contributed by atoms with Gasteiger partial charge in [0.05, 0.1) is 0 Å². The van der Waals surface area contributed by atoms with Crippen LogP contribution in [0.15, 0.2) is 60.8 Å². The quantitative estimate of drug-likeness (QED) is 0.0478. The Hall–Kier alpha value is -2.89. The molecule has 0 rings (SSSR count). The Morgan fingerprint density at radius 2 is 1.14 bits per heavy atom. The van der Waals surface area contributed by atoms with Gasteiger partial charge in [0.25, 0.3) is 0 Å². The van der Waals surface area contributed by atoms with Crippen LogP contribution in [0.25, 0.3) is 0 Å². The van der Waals surface area contributed by atoms with Crippen LogP contribution in [0, 0.1) is 0 Å². The van der Waals surface area contributed by atoms with Crippen molar-refractivity contribution < 1.29 is 24.2 Å². The highest BCUT2D eigenvalue weighted by atomic mass is 16.5. The minimum absolute atomic E-state index is 0.150. The average Bonchev–Trinajstić information content (AvgIpc) is 3.00. The van der Waals surface area contributed by atoms with E-state index in [1.807, 2.05) is 24.3 Å². The fraction of sp³-hybridized carbons (Fsp3) is 0.658. The van der Waals surface area contributed by atoms with Gasteiger partial charge in [-0.05, 0) is 82.8 Å². The van der Waals surface area contributed by atoms with Crippen molar-refractivity contribution in [3.8, 4) is 0 Å². The molecule has 0 saturated heterocycles. The molecule has 0 saturated carbocycles. The van der Waals surface area contributed by atoms with Gasteiger partial charge < -0.3 is 15.2 Å². The Labute approximate surface area is 269 Å². The topological polar surface area (TPSA) is 92.7 Å². The Kier molecular flexibility index (Phi) is 30.8. The molecule has 44 heavy (non-hydrogen) atoms. The first kappa shape index (κ1) is 41.1. The van der Waals surface area contributed by atoms with E-state index in [9.17, 15) is 14.4 Å². The van der Waals surface area contributed by atoms with Gasteiger partial charge in [-0.15, -0.1) is 0 Å². The van der Waals surface area contributed by atoms with Crippen LogP contribution >= 0.6 is 0 Å². The van der Waals surface area contributed by atoms with E-state index in [2.05, 4.69) is 55.6 Å². The summed E-state index contributed by atoms with van der Waals surface area (Å²) >= 11 is 0. The molecule has 1 amide bonds. The van der Waals surface area contributed by atoms with E-state index < -0.39 is 5.97 Å². The first-order valence-corrected chi connectivity index (χ1v) is 17.5. The Bertz CT molecular complexity index is 855. The fourth-order valence-corrected chi connectivity index (χ4v) is 4.56. The molecule has 6 nitrogen and oxygen atoms in total. The molecule has 0 heterocycles. The first-order chi connectivity index (χ1) is 21.5. The number of unbranched alkanes of at least 4 members (excludes halogenated alkanes) is 13. The SMILES string of the molecule is CC/C=C\C/C=C\C(/C=C\CCCCCC(=O)NCC(=O)O)OC(=O)CCCCCCCCC/C=C\C/C=C\CCCCC. The molecule has 0 radical (unpaired) electrons. The third-order valence-corrected chi connectivity index (χ3v) is 7.14. The number of nitrogens with one attached hydrogen (secondary N) is 1. The third-order valence-electron chi connectivity index (χ3n) is 7.14. The van der Waals surface area contributed by atoms with Crippen molar-refractivity contribution in [2.45, 2.75) is 155 Å². The van der Waals surface area contributed by atoms with Crippen LogP contribution in [0.4, 0.5) is 0 Å². The van der Waals surface area contributed by atoms with Crippen LogP contribution in [0.1, 0.15) is 149 Å². The van der Waals surface area contributed by atoms with Crippen molar-refractivity contribution >= 4 is 17.8 Å². The zero-order valence-electron chi connectivity index (χ0n) is 28.0. The number of carboxylic acids is 1. The molecule has 1 atom stereocenters. The molecule has 0 aromatic carbocycles. The number of carbonyl (C=O) groups is 3. The number of amides is 1. The zero-order chi connectivity index (χ0) is 32.4. The summed E-state index contributed by atoms with van der Waals surface area (Å²) in [4.78, 5) is 34.6. The van der Waals surface area contributed by atoms with E-state index in [1.54, 1.807) is 0 Å². The number of hydrogen-bond acceptors (Lipinski definition) is 4. The molecule has 0 aliphatic rings. The van der Waals surface area contributed by atoms with Crippen molar-refractivity contribution in [1.29, 1.82) is 0 Å². The molecule has 0 bridgehead atoms. The second kappa shape index (κ2) is 33.0. The summed E-state index contributed by atoms with van der Waals surface area (Å²) in [6, 6.07) is 0. The maximum absolute atomic E-state index is 12.5. The lowest BCUT2D eigenvalue weighted by molar-refractivity contribution is -0.145. The lowest BCUT2D eigenvalue weighted by atomic mass is 10.1. The molecule has 1 unspecified atom stereocenters. The highest BCUT2D eigenvalue weighted by Gasteiger charge is 2.08. The lowest BCUT2D eigenvalue weighted by Gasteiger charge is -2.11. The van der Waals surface area contributed by atoms with Crippen molar-refractivity contribution in [1.82, 2.24) is 5.32 Å². The zero-order valence-corrected chi connectivity index (χ0v) is 28.0. The van der Waals surface area contributed by atoms with Crippen LogP contribution in [-0.4, -0.2) is 35.6 Å². The molecular weight excluding hydrogens is 550 g/mol. The maximum Gasteiger partial charge on any atom is 0.322 e. The van der Waals surface area contributed by atoms with E-state index in [0.717, 1.165) is 57.8 Å².